The monoisotopic (exact) mass is 302 g/mol. The van der Waals surface area contributed by atoms with Crippen molar-refractivity contribution in [2.45, 2.75) is 46.0 Å². The molecule has 0 atom stereocenters. The highest BCUT2D eigenvalue weighted by Gasteiger charge is 2.12. The number of benzene rings is 1. The average Bonchev–Trinajstić information content (AvgIpc) is 2.62. The second-order valence-electron chi connectivity index (χ2n) is 3.95. The van der Waals surface area contributed by atoms with Crippen LogP contribution in [0.2, 0.25) is 0 Å². The van der Waals surface area contributed by atoms with Gasteiger partial charge in [-0.3, -0.25) is 0 Å². The molecule has 0 aromatic heterocycles. The minimum atomic E-state index is 0. The van der Waals surface area contributed by atoms with Crippen molar-refractivity contribution < 1.29 is 0 Å². The fourth-order valence-corrected chi connectivity index (χ4v) is 2.38. The lowest BCUT2D eigenvalue weighted by atomic mass is 9.97. The van der Waals surface area contributed by atoms with Gasteiger partial charge in [-0.15, -0.1) is 24.0 Å². The quantitative estimate of drug-likeness (QED) is 0.726. The number of aryl methyl sites for hydroxylation is 4. The topological polar surface area (TPSA) is 0 Å². The molecule has 0 radical (unpaired) electrons. The highest BCUT2D eigenvalue weighted by atomic mass is 127. The van der Waals surface area contributed by atoms with E-state index in [0.717, 1.165) is 0 Å². The van der Waals surface area contributed by atoms with Crippen LogP contribution in [0.15, 0.2) is 12.1 Å². The van der Waals surface area contributed by atoms with Gasteiger partial charge < -0.3 is 0 Å². The zero-order chi connectivity index (χ0) is 9.26. The molecular formula is C13H19I. The van der Waals surface area contributed by atoms with Crippen molar-refractivity contribution in [1.82, 2.24) is 0 Å². The third-order valence-electron chi connectivity index (χ3n) is 3.18. The van der Waals surface area contributed by atoms with E-state index in [0.29, 0.717) is 0 Å². The first-order valence-corrected chi connectivity index (χ1v) is 5.48. The van der Waals surface area contributed by atoms with Crippen molar-refractivity contribution in [1.29, 1.82) is 0 Å². The van der Waals surface area contributed by atoms with E-state index in [-0.39, 0.29) is 24.0 Å². The number of halogens is 1. The summed E-state index contributed by atoms with van der Waals surface area (Å²) in [6.07, 6.45) is 6.37. The summed E-state index contributed by atoms with van der Waals surface area (Å²) >= 11 is 0. The highest BCUT2D eigenvalue weighted by molar-refractivity contribution is 14.0. The van der Waals surface area contributed by atoms with E-state index in [1.54, 1.807) is 22.3 Å². The van der Waals surface area contributed by atoms with E-state index in [1.807, 2.05) is 0 Å². The Bertz CT molecular complexity index is 284. The normalized spacial score (nSPS) is 13.6. The van der Waals surface area contributed by atoms with Crippen molar-refractivity contribution >= 4 is 24.0 Å². The maximum atomic E-state index is 2.45. The van der Waals surface area contributed by atoms with Gasteiger partial charge in [-0.1, -0.05) is 26.0 Å². The first-order chi connectivity index (χ1) is 6.35. The number of hydrogen-bond acceptors (Lipinski definition) is 0. The third-order valence-corrected chi connectivity index (χ3v) is 3.18. The van der Waals surface area contributed by atoms with Crippen LogP contribution in [0.4, 0.5) is 0 Å². The molecule has 0 bridgehead atoms. The Kier molecular flexibility index (Phi) is 4.42. The number of hydrogen-bond donors (Lipinski definition) is 0. The van der Waals surface area contributed by atoms with E-state index < -0.39 is 0 Å². The van der Waals surface area contributed by atoms with Crippen molar-refractivity contribution in [3.05, 3.63) is 34.4 Å². The van der Waals surface area contributed by atoms with Gasteiger partial charge in [0.15, 0.2) is 0 Å². The van der Waals surface area contributed by atoms with Gasteiger partial charge in [0.2, 0.25) is 0 Å². The zero-order valence-electron chi connectivity index (χ0n) is 9.10. The molecule has 0 aliphatic heterocycles. The maximum absolute atomic E-state index is 2.45. The first-order valence-electron chi connectivity index (χ1n) is 5.48. The highest BCUT2D eigenvalue weighted by Crippen LogP contribution is 2.26. The van der Waals surface area contributed by atoms with Gasteiger partial charge in [0.1, 0.15) is 0 Å². The fraction of sp³-hybridized carbons (Fsp3) is 0.538. The molecule has 0 N–H and O–H groups in total. The summed E-state index contributed by atoms with van der Waals surface area (Å²) in [5, 5.41) is 0. The Morgan fingerprint density at radius 3 is 1.71 bits per heavy atom. The lowest BCUT2D eigenvalue weighted by Crippen LogP contribution is -1.94. The molecule has 1 heteroatoms. The Balaban J connectivity index is 0.000000980. The summed E-state index contributed by atoms with van der Waals surface area (Å²) in [7, 11) is 0. The first kappa shape index (κ1) is 12.0. The summed E-state index contributed by atoms with van der Waals surface area (Å²) in [4.78, 5) is 0. The summed E-state index contributed by atoms with van der Waals surface area (Å²) in [6, 6.07) is 4.89. The molecule has 0 saturated carbocycles. The molecule has 1 aromatic carbocycles. The van der Waals surface area contributed by atoms with Crippen LogP contribution in [0.3, 0.4) is 0 Å². The molecular weight excluding hydrogens is 283 g/mol. The number of rotatable bonds is 2. The molecule has 0 fully saturated rings. The Hall–Kier alpha value is -0.0500. The van der Waals surface area contributed by atoms with E-state index in [1.165, 1.54) is 32.1 Å². The molecule has 0 amide bonds. The van der Waals surface area contributed by atoms with Crippen LogP contribution < -0.4 is 0 Å². The van der Waals surface area contributed by atoms with Gasteiger partial charge in [-0.25, -0.2) is 0 Å². The van der Waals surface area contributed by atoms with Gasteiger partial charge in [-0.05, 0) is 54.4 Å². The predicted octanol–water partition coefficient (Wildman–Crippen LogP) is 3.92. The minimum absolute atomic E-state index is 0. The lowest BCUT2D eigenvalue weighted by molar-refractivity contribution is 0.911. The summed E-state index contributed by atoms with van der Waals surface area (Å²) in [5.41, 5.74) is 6.38. The standard InChI is InChI=1S/C13H18.HI/c1-3-10-8-12-6-5-7-13(12)9-11(10)4-2;/h8-9H,3-7H2,1-2H3;1H. The van der Waals surface area contributed by atoms with Gasteiger partial charge in [0, 0.05) is 0 Å². The molecule has 0 unspecified atom stereocenters. The second kappa shape index (κ2) is 5.15. The Morgan fingerprint density at radius 1 is 0.929 bits per heavy atom. The van der Waals surface area contributed by atoms with Crippen LogP contribution in [0.1, 0.15) is 42.5 Å². The molecule has 2 rings (SSSR count). The van der Waals surface area contributed by atoms with E-state index >= 15 is 0 Å². The van der Waals surface area contributed by atoms with Crippen LogP contribution >= 0.6 is 24.0 Å². The Morgan fingerprint density at radius 2 is 1.36 bits per heavy atom. The smallest absolute Gasteiger partial charge is 0.0273 e. The largest absolute Gasteiger partial charge is 0.107 e. The average molecular weight is 302 g/mol. The maximum Gasteiger partial charge on any atom is -0.0273 e. The summed E-state index contributed by atoms with van der Waals surface area (Å²) in [5.74, 6) is 0. The zero-order valence-corrected chi connectivity index (χ0v) is 11.4. The van der Waals surface area contributed by atoms with Crippen molar-refractivity contribution in [3.8, 4) is 0 Å². The fourth-order valence-electron chi connectivity index (χ4n) is 2.38. The lowest BCUT2D eigenvalue weighted by Gasteiger charge is -2.09. The van der Waals surface area contributed by atoms with Gasteiger partial charge in [-0.2, -0.15) is 0 Å². The van der Waals surface area contributed by atoms with E-state index in [2.05, 4.69) is 26.0 Å². The SMILES string of the molecule is CCc1cc2c(cc1CC)CCC2.I. The molecule has 1 aliphatic rings. The van der Waals surface area contributed by atoms with Crippen molar-refractivity contribution in [3.63, 3.8) is 0 Å². The molecule has 0 spiro atoms. The van der Waals surface area contributed by atoms with Crippen molar-refractivity contribution in [2.24, 2.45) is 0 Å². The third kappa shape index (κ3) is 2.13. The van der Waals surface area contributed by atoms with Gasteiger partial charge in [0.05, 0.1) is 0 Å². The predicted molar refractivity (Wildman–Crippen MR) is 72.6 cm³/mol. The second-order valence-corrected chi connectivity index (χ2v) is 3.95. The summed E-state index contributed by atoms with van der Waals surface area (Å²) < 4.78 is 0. The molecule has 0 heterocycles. The molecule has 14 heavy (non-hydrogen) atoms. The van der Waals surface area contributed by atoms with E-state index in [4.69, 9.17) is 0 Å². The Labute approximate surface area is 104 Å². The van der Waals surface area contributed by atoms with Crippen LogP contribution in [-0.4, -0.2) is 0 Å². The molecule has 1 aromatic rings. The molecule has 1 aliphatic carbocycles. The molecule has 0 nitrogen and oxygen atoms in total. The van der Waals surface area contributed by atoms with Crippen LogP contribution in [0.25, 0.3) is 0 Å². The van der Waals surface area contributed by atoms with Crippen LogP contribution in [0.5, 0.6) is 0 Å². The van der Waals surface area contributed by atoms with Crippen LogP contribution in [-0.2, 0) is 25.7 Å². The van der Waals surface area contributed by atoms with Gasteiger partial charge in [0.25, 0.3) is 0 Å². The van der Waals surface area contributed by atoms with Gasteiger partial charge >= 0.3 is 0 Å². The summed E-state index contributed by atoms with van der Waals surface area (Å²) in [6.45, 7) is 4.52. The minimum Gasteiger partial charge on any atom is -0.107 e. The molecule has 0 saturated heterocycles. The van der Waals surface area contributed by atoms with Crippen LogP contribution in [0, 0.1) is 0 Å². The number of fused-ring (bicyclic) bond motifs is 1. The van der Waals surface area contributed by atoms with Crippen molar-refractivity contribution in [2.75, 3.05) is 0 Å². The molecule has 78 valence electrons. The van der Waals surface area contributed by atoms with E-state index in [9.17, 15) is 0 Å².